The first-order valence-corrected chi connectivity index (χ1v) is 11.9. The van der Waals surface area contributed by atoms with E-state index in [1.54, 1.807) is 40.9 Å². The van der Waals surface area contributed by atoms with Crippen LogP contribution in [0.2, 0.25) is 0 Å². The molecule has 2 aliphatic rings. The molecule has 5 rings (SSSR count). The van der Waals surface area contributed by atoms with E-state index in [2.05, 4.69) is 29.2 Å². The third-order valence-corrected chi connectivity index (χ3v) is 7.77. The van der Waals surface area contributed by atoms with Crippen molar-refractivity contribution in [3.63, 3.8) is 0 Å². The number of hydrogen-bond donors (Lipinski definition) is 1. The molecule has 160 valence electrons. The minimum absolute atomic E-state index is 0.0226. The number of anilines is 1. The average molecular weight is 460 g/mol. The molecule has 1 amide bonds. The summed E-state index contributed by atoms with van der Waals surface area (Å²) in [5, 5.41) is 11.2. The predicted molar refractivity (Wildman–Crippen MR) is 132 cm³/mol. The number of aromatic hydroxyl groups is 1. The third-order valence-electron chi connectivity index (χ3n) is 5.34. The van der Waals surface area contributed by atoms with Crippen LogP contribution < -0.4 is 4.90 Å². The van der Waals surface area contributed by atoms with Crippen molar-refractivity contribution < 1.29 is 9.90 Å². The molecule has 3 aromatic rings. The van der Waals surface area contributed by atoms with E-state index in [-0.39, 0.29) is 11.7 Å². The maximum atomic E-state index is 13.6. The average Bonchev–Trinajstić information content (AvgIpc) is 3.31. The van der Waals surface area contributed by atoms with Gasteiger partial charge in [-0.15, -0.1) is 0 Å². The highest BCUT2D eigenvalue weighted by Gasteiger charge is 2.38. The fraction of sp³-hybridized carbons (Fsp3) is 0.120. The van der Waals surface area contributed by atoms with E-state index in [1.807, 2.05) is 37.4 Å². The molecule has 1 fully saturated rings. The number of rotatable bonds is 4. The summed E-state index contributed by atoms with van der Waals surface area (Å²) in [6.45, 7) is 0.547. The van der Waals surface area contributed by atoms with Crippen LogP contribution >= 0.6 is 23.5 Å². The van der Waals surface area contributed by atoms with Crippen molar-refractivity contribution in [2.75, 3.05) is 18.5 Å². The Morgan fingerprint density at radius 3 is 2.38 bits per heavy atom. The van der Waals surface area contributed by atoms with Crippen LogP contribution in [0.4, 0.5) is 11.4 Å². The number of benzene rings is 3. The molecular formula is C25H21N3O2S2. The van der Waals surface area contributed by atoms with Gasteiger partial charge in [-0.1, -0.05) is 54.2 Å². The number of amidine groups is 1. The molecule has 3 aromatic carbocycles. The van der Waals surface area contributed by atoms with E-state index in [0.717, 1.165) is 22.0 Å². The Morgan fingerprint density at radius 2 is 1.62 bits per heavy atom. The molecule has 0 radical (unpaired) electrons. The van der Waals surface area contributed by atoms with Crippen LogP contribution in [0.5, 0.6) is 5.75 Å². The molecule has 1 N–H and O–H groups in total. The number of aliphatic imine (C=N–C) groups is 1. The van der Waals surface area contributed by atoms with Gasteiger partial charge in [0.25, 0.3) is 5.91 Å². The molecule has 0 aromatic heterocycles. The highest BCUT2D eigenvalue weighted by molar-refractivity contribution is 8.19. The number of fused-ring (bicyclic) bond motifs is 1. The Balaban J connectivity index is 1.49. The molecule has 0 bridgehead atoms. The first-order chi connectivity index (χ1) is 15.6. The Hall–Kier alpha value is -3.16. The molecule has 5 nitrogen and oxygen atoms in total. The van der Waals surface area contributed by atoms with Crippen molar-refractivity contribution in [2.45, 2.75) is 11.3 Å². The van der Waals surface area contributed by atoms with Crippen molar-refractivity contribution in [3.05, 3.63) is 94.4 Å². The van der Waals surface area contributed by atoms with Gasteiger partial charge in [0, 0.05) is 18.5 Å². The molecule has 32 heavy (non-hydrogen) atoms. The fourth-order valence-electron chi connectivity index (χ4n) is 3.64. The summed E-state index contributed by atoms with van der Waals surface area (Å²) in [5.41, 5.74) is 2.98. The van der Waals surface area contributed by atoms with Gasteiger partial charge in [-0.05, 0) is 60.1 Å². The first kappa shape index (κ1) is 20.7. The van der Waals surface area contributed by atoms with Gasteiger partial charge in [0.2, 0.25) is 0 Å². The molecule has 0 spiro atoms. The Kier molecular flexibility index (Phi) is 5.68. The third kappa shape index (κ3) is 4.01. The van der Waals surface area contributed by atoms with Gasteiger partial charge in [-0.2, -0.15) is 0 Å². The van der Waals surface area contributed by atoms with Crippen LogP contribution in [0.1, 0.15) is 5.56 Å². The van der Waals surface area contributed by atoms with E-state index in [9.17, 15) is 9.90 Å². The highest BCUT2D eigenvalue weighted by atomic mass is 32.2. The topological polar surface area (TPSA) is 56.1 Å². The molecule has 0 atom stereocenters. The lowest BCUT2D eigenvalue weighted by molar-refractivity contribution is -0.122. The Bertz CT molecular complexity index is 1220. The number of carbonyl (C=O) groups excluding carboxylic acids is 1. The van der Waals surface area contributed by atoms with Gasteiger partial charge in [0.1, 0.15) is 10.7 Å². The number of nitrogens with zero attached hydrogens (tertiary/aromatic N) is 3. The number of hydrogen-bond acceptors (Lipinski definition) is 6. The van der Waals surface area contributed by atoms with E-state index in [1.165, 1.54) is 17.3 Å². The molecule has 2 aliphatic heterocycles. The number of para-hydroxylation sites is 1. The largest absolute Gasteiger partial charge is 0.508 e. The molecule has 0 aliphatic carbocycles. The minimum Gasteiger partial charge on any atom is -0.508 e. The minimum atomic E-state index is -0.0226. The van der Waals surface area contributed by atoms with Crippen LogP contribution in [0.15, 0.2) is 98.7 Å². The Morgan fingerprint density at radius 1 is 0.906 bits per heavy atom. The normalized spacial score (nSPS) is 19.2. The standard InChI is InChI=1S/C25H21N3O2S2/c1-27-20-9-5-6-10-21(20)31-24(27)22-23(30)28(16-15-17-7-3-2-4-8-17)25(32-22)26-18-11-13-19(29)14-12-18/h2-14,29H,15-16H2,1H3/b24-22-,26-25?. The molecule has 0 saturated carbocycles. The number of carbonyl (C=O) groups is 1. The maximum Gasteiger partial charge on any atom is 0.269 e. The molecule has 7 heteroatoms. The molecule has 1 saturated heterocycles. The van der Waals surface area contributed by atoms with Crippen LogP contribution in [-0.2, 0) is 11.2 Å². The van der Waals surface area contributed by atoms with Gasteiger partial charge >= 0.3 is 0 Å². The van der Waals surface area contributed by atoms with Crippen LogP contribution in [0, 0.1) is 0 Å². The second-order valence-electron chi connectivity index (χ2n) is 7.47. The van der Waals surface area contributed by atoms with Gasteiger partial charge < -0.3 is 10.0 Å². The first-order valence-electron chi connectivity index (χ1n) is 10.3. The van der Waals surface area contributed by atoms with Gasteiger partial charge in [-0.25, -0.2) is 4.99 Å². The zero-order valence-corrected chi connectivity index (χ0v) is 19.1. The summed E-state index contributed by atoms with van der Waals surface area (Å²) >= 11 is 3.03. The highest BCUT2D eigenvalue weighted by Crippen LogP contribution is 2.50. The van der Waals surface area contributed by atoms with Gasteiger partial charge in [0.05, 0.1) is 16.4 Å². The number of phenolic OH excluding ortho intramolecular Hbond substituents is 1. The number of amides is 1. The van der Waals surface area contributed by atoms with E-state index >= 15 is 0 Å². The second-order valence-corrected chi connectivity index (χ2v) is 9.48. The van der Waals surface area contributed by atoms with Gasteiger partial charge in [-0.3, -0.25) is 9.69 Å². The summed E-state index contributed by atoms with van der Waals surface area (Å²) in [6.07, 6.45) is 0.744. The lowest BCUT2D eigenvalue weighted by Gasteiger charge is -2.16. The summed E-state index contributed by atoms with van der Waals surface area (Å²) in [7, 11) is 2.00. The summed E-state index contributed by atoms with van der Waals surface area (Å²) < 4.78 is 0. The number of thioether (sulfide) groups is 2. The predicted octanol–water partition coefficient (Wildman–Crippen LogP) is 5.61. The van der Waals surface area contributed by atoms with Crippen molar-refractivity contribution >= 4 is 46.0 Å². The van der Waals surface area contributed by atoms with Crippen molar-refractivity contribution in [1.82, 2.24) is 4.90 Å². The van der Waals surface area contributed by atoms with Gasteiger partial charge in [0.15, 0.2) is 5.17 Å². The van der Waals surface area contributed by atoms with Crippen LogP contribution in [0.3, 0.4) is 0 Å². The van der Waals surface area contributed by atoms with E-state index < -0.39 is 0 Å². The van der Waals surface area contributed by atoms with Crippen LogP contribution in [0.25, 0.3) is 0 Å². The number of phenols is 1. The lowest BCUT2D eigenvalue weighted by Crippen LogP contribution is -2.31. The zero-order valence-electron chi connectivity index (χ0n) is 17.4. The quantitative estimate of drug-likeness (QED) is 0.514. The molecular weight excluding hydrogens is 438 g/mol. The monoisotopic (exact) mass is 459 g/mol. The summed E-state index contributed by atoms with van der Waals surface area (Å²) in [6, 6.07) is 25.0. The maximum absolute atomic E-state index is 13.6. The van der Waals surface area contributed by atoms with Crippen molar-refractivity contribution in [3.8, 4) is 5.75 Å². The van der Waals surface area contributed by atoms with Crippen LogP contribution in [-0.4, -0.2) is 34.7 Å². The lowest BCUT2D eigenvalue weighted by atomic mass is 10.1. The molecule has 0 unspecified atom stereocenters. The summed E-state index contributed by atoms with van der Waals surface area (Å²) in [5.74, 6) is 0.167. The smallest absolute Gasteiger partial charge is 0.269 e. The van der Waals surface area contributed by atoms with Crippen molar-refractivity contribution in [2.24, 2.45) is 4.99 Å². The fourth-order valence-corrected chi connectivity index (χ4v) is 6.01. The second kappa shape index (κ2) is 8.76. The Labute approximate surface area is 195 Å². The summed E-state index contributed by atoms with van der Waals surface area (Å²) in [4.78, 5) is 24.0. The van der Waals surface area contributed by atoms with E-state index in [0.29, 0.717) is 22.3 Å². The van der Waals surface area contributed by atoms with Crippen molar-refractivity contribution in [1.29, 1.82) is 0 Å². The SMILES string of the molecule is CN1/C(=C2/SC(=Nc3ccc(O)cc3)N(CCc3ccccc3)C2=O)Sc2ccccc21. The van der Waals surface area contributed by atoms with E-state index in [4.69, 9.17) is 4.99 Å². The molecule has 2 heterocycles. The zero-order chi connectivity index (χ0) is 22.1.